The third kappa shape index (κ3) is 3.77. The molecular formula is C23H23N5O2. The van der Waals surface area contributed by atoms with Crippen molar-refractivity contribution < 1.29 is 9.47 Å². The monoisotopic (exact) mass is 401 g/mol. The van der Waals surface area contributed by atoms with Crippen molar-refractivity contribution >= 4 is 5.52 Å². The zero-order chi connectivity index (χ0) is 20.3. The summed E-state index contributed by atoms with van der Waals surface area (Å²) >= 11 is 0. The second kappa shape index (κ2) is 8.22. The first-order chi connectivity index (χ1) is 14.8. The lowest BCUT2D eigenvalue weighted by Crippen LogP contribution is -2.38. The number of hydrogen-bond acceptors (Lipinski definition) is 6. The standard InChI is InChI=1S/C23H23N5O2/c1-29-20-5-2-17(3-6-20)14-27-12-13-30-22(16-27)23-21-7-4-19(15-28(21)26-25-23)18-8-10-24-11-9-18/h2-11,15,22H,12-14,16H2,1H3. The lowest BCUT2D eigenvalue weighted by molar-refractivity contribution is -0.0343. The molecule has 30 heavy (non-hydrogen) atoms. The zero-order valence-corrected chi connectivity index (χ0v) is 16.8. The van der Waals surface area contributed by atoms with Crippen molar-refractivity contribution in [1.82, 2.24) is 24.7 Å². The van der Waals surface area contributed by atoms with Crippen LogP contribution < -0.4 is 4.74 Å². The summed E-state index contributed by atoms with van der Waals surface area (Å²) in [5.41, 5.74) is 5.29. The van der Waals surface area contributed by atoms with E-state index in [1.807, 2.05) is 35.0 Å². The fourth-order valence-electron chi connectivity index (χ4n) is 3.86. The van der Waals surface area contributed by atoms with Crippen LogP contribution in [0.1, 0.15) is 17.4 Å². The van der Waals surface area contributed by atoms with E-state index in [4.69, 9.17) is 9.47 Å². The van der Waals surface area contributed by atoms with Crippen LogP contribution in [0.2, 0.25) is 0 Å². The molecule has 1 atom stereocenters. The van der Waals surface area contributed by atoms with E-state index in [0.29, 0.717) is 6.61 Å². The van der Waals surface area contributed by atoms with Crippen molar-refractivity contribution in [1.29, 1.82) is 0 Å². The van der Waals surface area contributed by atoms with Crippen molar-refractivity contribution in [2.75, 3.05) is 26.8 Å². The molecular weight excluding hydrogens is 378 g/mol. The molecule has 3 aromatic heterocycles. The maximum absolute atomic E-state index is 6.06. The minimum atomic E-state index is -0.0960. The summed E-state index contributed by atoms with van der Waals surface area (Å²) in [5.74, 6) is 0.875. The molecule has 4 heterocycles. The maximum atomic E-state index is 6.06. The van der Waals surface area contributed by atoms with Gasteiger partial charge in [-0.3, -0.25) is 9.88 Å². The summed E-state index contributed by atoms with van der Waals surface area (Å²) in [5, 5.41) is 8.80. The van der Waals surface area contributed by atoms with Crippen molar-refractivity contribution in [3.8, 4) is 16.9 Å². The fraction of sp³-hybridized carbons (Fsp3) is 0.261. The van der Waals surface area contributed by atoms with E-state index >= 15 is 0 Å². The Morgan fingerprint density at radius 1 is 1.03 bits per heavy atom. The average Bonchev–Trinajstić information content (AvgIpc) is 3.24. The number of fused-ring (bicyclic) bond motifs is 1. The van der Waals surface area contributed by atoms with E-state index in [1.54, 1.807) is 19.5 Å². The van der Waals surface area contributed by atoms with Crippen LogP contribution in [-0.4, -0.2) is 51.5 Å². The highest BCUT2D eigenvalue weighted by atomic mass is 16.5. The predicted octanol–water partition coefficient (Wildman–Crippen LogP) is 3.37. The van der Waals surface area contributed by atoms with Crippen molar-refractivity contribution in [2.45, 2.75) is 12.6 Å². The minimum absolute atomic E-state index is 0.0960. The van der Waals surface area contributed by atoms with Gasteiger partial charge in [0.05, 0.1) is 19.2 Å². The molecule has 1 aliphatic heterocycles. The Kier molecular flexibility index (Phi) is 5.13. The number of ether oxygens (including phenoxy) is 2. The number of aromatic nitrogens is 4. The van der Waals surface area contributed by atoms with Crippen LogP contribution in [0.3, 0.4) is 0 Å². The topological polar surface area (TPSA) is 64.8 Å². The molecule has 0 amide bonds. The van der Waals surface area contributed by atoms with Crippen LogP contribution in [0.5, 0.6) is 5.75 Å². The maximum Gasteiger partial charge on any atom is 0.121 e. The van der Waals surface area contributed by atoms with Crippen LogP contribution >= 0.6 is 0 Å². The SMILES string of the molecule is COc1ccc(CN2CCOC(c3nnn4cc(-c5ccncc5)ccc34)C2)cc1. The van der Waals surface area contributed by atoms with E-state index in [9.17, 15) is 0 Å². The summed E-state index contributed by atoms with van der Waals surface area (Å²) in [6.07, 6.45) is 5.49. The van der Waals surface area contributed by atoms with E-state index < -0.39 is 0 Å². The summed E-state index contributed by atoms with van der Waals surface area (Å²) in [7, 11) is 1.69. The van der Waals surface area contributed by atoms with Gasteiger partial charge in [0.15, 0.2) is 0 Å². The van der Waals surface area contributed by atoms with Gasteiger partial charge in [-0.25, -0.2) is 4.52 Å². The molecule has 0 saturated carbocycles. The van der Waals surface area contributed by atoms with Gasteiger partial charge in [-0.2, -0.15) is 0 Å². The Labute approximate surface area is 174 Å². The molecule has 7 heteroatoms. The molecule has 5 rings (SSSR count). The van der Waals surface area contributed by atoms with Gasteiger partial charge in [-0.1, -0.05) is 23.4 Å². The van der Waals surface area contributed by atoms with Gasteiger partial charge in [0.25, 0.3) is 0 Å². The highest BCUT2D eigenvalue weighted by Crippen LogP contribution is 2.27. The van der Waals surface area contributed by atoms with E-state index in [2.05, 4.69) is 44.5 Å². The van der Waals surface area contributed by atoms with E-state index in [0.717, 1.165) is 47.7 Å². The Morgan fingerprint density at radius 3 is 2.67 bits per heavy atom. The summed E-state index contributed by atoms with van der Waals surface area (Å²) in [6, 6.07) is 16.4. The van der Waals surface area contributed by atoms with E-state index in [1.165, 1.54) is 5.56 Å². The molecule has 1 unspecified atom stereocenters. The normalized spacial score (nSPS) is 17.3. The molecule has 7 nitrogen and oxygen atoms in total. The molecule has 0 N–H and O–H groups in total. The molecule has 0 spiro atoms. The molecule has 1 aliphatic rings. The second-order valence-electron chi connectivity index (χ2n) is 7.40. The number of pyridine rings is 2. The van der Waals surface area contributed by atoms with Gasteiger partial charge in [-0.15, -0.1) is 5.10 Å². The lowest BCUT2D eigenvalue weighted by atomic mass is 10.1. The molecule has 1 fully saturated rings. The first kappa shape index (κ1) is 18.7. The first-order valence-corrected chi connectivity index (χ1v) is 10.0. The second-order valence-corrected chi connectivity index (χ2v) is 7.40. The van der Waals surface area contributed by atoms with Gasteiger partial charge in [0.1, 0.15) is 17.5 Å². The first-order valence-electron chi connectivity index (χ1n) is 10.0. The Hall–Kier alpha value is -3.29. The number of nitrogens with zero attached hydrogens (tertiary/aromatic N) is 5. The average molecular weight is 401 g/mol. The summed E-state index contributed by atoms with van der Waals surface area (Å²) in [6.45, 7) is 3.23. The Balaban J connectivity index is 1.34. The molecule has 1 saturated heterocycles. The van der Waals surface area contributed by atoms with Crippen LogP contribution in [-0.2, 0) is 11.3 Å². The van der Waals surface area contributed by atoms with Crippen LogP contribution in [0, 0.1) is 0 Å². The Bertz CT molecular complexity index is 1130. The number of rotatable bonds is 5. The third-order valence-electron chi connectivity index (χ3n) is 5.47. The summed E-state index contributed by atoms with van der Waals surface area (Å²) < 4.78 is 13.1. The van der Waals surface area contributed by atoms with Crippen molar-refractivity contribution in [2.24, 2.45) is 0 Å². The summed E-state index contributed by atoms with van der Waals surface area (Å²) in [4.78, 5) is 6.48. The van der Waals surface area contributed by atoms with Gasteiger partial charge in [0, 0.05) is 43.8 Å². The van der Waals surface area contributed by atoms with Gasteiger partial charge in [-0.05, 0) is 41.5 Å². The largest absolute Gasteiger partial charge is 0.497 e. The Morgan fingerprint density at radius 2 is 1.87 bits per heavy atom. The van der Waals surface area contributed by atoms with Gasteiger partial charge >= 0.3 is 0 Å². The fourth-order valence-corrected chi connectivity index (χ4v) is 3.86. The molecule has 0 aliphatic carbocycles. The highest BCUT2D eigenvalue weighted by Gasteiger charge is 2.26. The van der Waals surface area contributed by atoms with Crippen molar-refractivity contribution in [3.05, 3.63) is 78.4 Å². The van der Waals surface area contributed by atoms with Crippen molar-refractivity contribution in [3.63, 3.8) is 0 Å². The zero-order valence-electron chi connectivity index (χ0n) is 16.8. The molecule has 0 radical (unpaired) electrons. The molecule has 1 aromatic carbocycles. The lowest BCUT2D eigenvalue weighted by Gasteiger charge is -2.32. The smallest absolute Gasteiger partial charge is 0.121 e. The highest BCUT2D eigenvalue weighted by molar-refractivity contribution is 5.65. The third-order valence-corrected chi connectivity index (χ3v) is 5.47. The van der Waals surface area contributed by atoms with Gasteiger partial charge < -0.3 is 9.47 Å². The van der Waals surface area contributed by atoms with Crippen LogP contribution in [0.4, 0.5) is 0 Å². The number of benzene rings is 1. The van der Waals surface area contributed by atoms with Gasteiger partial charge in [0.2, 0.25) is 0 Å². The number of hydrogen-bond donors (Lipinski definition) is 0. The minimum Gasteiger partial charge on any atom is -0.497 e. The molecule has 4 aromatic rings. The van der Waals surface area contributed by atoms with E-state index in [-0.39, 0.29) is 6.10 Å². The van der Waals surface area contributed by atoms with Crippen LogP contribution in [0.25, 0.3) is 16.6 Å². The molecule has 152 valence electrons. The van der Waals surface area contributed by atoms with Crippen LogP contribution in [0.15, 0.2) is 67.1 Å². The quantitative estimate of drug-likeness (QED) is 0.511. The number of morpholine rings is 1. The number of methoxy groups -OCH3 is 1. The molecule has 0 bridgehead atoms. The predicted molar refractivity (Wildman–Crippen MR) is 113 cm³/mol.